The summed E-state index contributed by atoms with van der Waals surface area (Å²) in [5, 5.41) is 6.43. The Bertz CT molecular complexity index is 820. The minimum Gasteiger partial charge on any atom is -0.404 e. The van der Waals surface area contributed by atoms with Crippen molar-refractivity contribution in [1.82, 2.24) is 10.4 Å². The maximum Gasteiger partial charge on any atom is 0.481 e. The van der Waals surface area contributed by atoms with Crippen LogP contribution in [-0.2, 0) is 20.5 Å². The van der Waals surface area contributed by atoms with Crippen LogP contribution < -0.4 is 10.4 Å². The molecule has 2 bridgehead atoms. The Morgan fingerprint density at radius 3 is 2.61 bits per heavy atom. The number of hydrogen-bond donors (Lipinski definition) is 2. The quantitative estimate of drug-likeness (QED) is 0.478. The fourth-order valence-corrected chi connectivity index (χ4v) is 6.65. The fraction of sp³-hybridized carbons (Fsp3) is 0.708. The highest BCUT2D eigenvalue weighted by Gasteiger charge is 2.68. The lowest BCUT2D eigenvalue weighted by molar-refractivity contribution is -0.199. The second-order valence-electron chi connectivity index (χ2n) is 11.0. The van der Waals surface area contributed by atoms with Crippen LogP contribution >= 0.6 is 9.39 Å². The van der Waals surface area contributed by atoms with Gasteiger partial charge >= 0.3 is 7.12 Å². The number of rotatable bonds is 8. The molecule has 5 aliphatic rings. The van der Waals surface area contributed by atoms with E-state index in [1.165, 1.54) is 19.3 Å². The number of hydrogen-bond acceptors (Lipinski definition) is 4. The smallest absolute Gasteiger partial charge is 0.404 e. The van der Waals surface area contributed by atoms with Crippen LogP contribution in [0.5, 0.6) is 0 Å². The maximum absolute atomic E-state index is 13.2. The van der Waals surface area contributed by atoms with E-state index in [1.54, 1.807) is 0 Å². The molecular weight excluding hydrogens is 406 g/mol. The molecule has 2 unspecified atom stereocenters. The van der Waals surface area contributed by atoms with Gasteiger partial charge in [-0.3, -0.25) is 9.88 Å². The molecule has 0 aromatic heterocycles. The number of amides is 1. The molecule has 168 valence electrons. The Balaban J connectivity index is 1.28. The molecule has 1 aliphatic heterocycles. The minimum atomic E-state index is -0.350. The average molecular weight is 442 g/mol. The molecule has 7 atom stereocenters. The Labute approximate surface area is 189 Å². The van der Waals surface area contributed by atoms with Crippen LogP contribution in [0, 0.1) is 23.2 Å². The first kappa shape index (κ1) is 21.9. The van der Waals surface area contributed by atoms with E-state index in [9.17, 15) is 4.79 Å². The lowest BCUT2D eigenvalue weighted by Crippen LogP contribution is -2.65. The predicted molar refractivity (Wildman–Crippen MR) is 126 cm³/mol. The molecule has 1 saturated heterocycles. The molecular formula is C24H36BN2O3P. The van der Waals surface area contributed by atoms with Gasteiger partial charge in [-0.2, -0.15) is 0 Å². The second-order valence-corrected chi connectivity index (χ2v) is 11.4. The van der Waals surface area contributed by atoms with Crippen molar-refractivity contribution in [3.63, 3.8) is 0 Å². The number of nitrogens with one attached hydrogen (secondary N) is 2. The summed E-state index contributed by atoms with van der Waals surface area (Å²) in [4.78, 5) is 13.2. The molecule has 1 aromatic rings. The van der Waals surface area contributed by atoms with Crippen LogP contribution in [0.4, 0.5) is 0 Å². The monoisotopic (exact) mass is 442 g/mol. The van der Waals surface area contributed by atoms with Gasteiger partial charge in [0.15, 0.2) is 0 Å². The number of benzene rings is 1. The summed E-state index contributed by atoms with van der Waals surface area (Å²) in [6.45, 7) is 7.01. The van der Waals surface area contributed by atoms with Crippen molar-refractivity contribution in [1.29, 1.82) is 0 Å². The van der Waals surface area contributed by atoms with Gasteiger partial charge < -0.3 is 14.6 Å². The van der Waals surface area contributed by atoms with Crippen LogP contribution in [0.25, 0.3) is 0 Å². The zero-order valence-electron chi connectivity index (χ0n) is 19.0. The number of carbonyl (C=O) groups is 1. The third kappa shape index (κ3) is 3.99. The zero-order valence-corrected chi connectivity index (χ0v) is 20.1. The van der Waals surface area contributed by atoms with Crippen molar-refractivity contribution in [2.75, 3.05) is 0 Å². The van der Waals surface area contributed by atoms with Crippen molar-refractivity contribution < 1.29 is 14.1 Å². The summed E-state index contributed by atoms with van der Waals surface area (Å²) in [6.07, 6.45) is 6.53. The molecule has 4 aliphatic carbocycles. The van der Waals surface area contributed by atoms with Gasteiger partial charge in [0.25, 0.3) is 0 Å². The molecule has 5 nitrogen and oxygen atoms in total. The van der Waals surface area contributed by atoms with Crippen molar-refractivity contribution in [2.45, 2.75) is 83.0 Å². The standard InChI is InChI=1S/C24H36BN2O3P/c1-23(2)17-13-19(23)24(3)20(14-17)29-25(30-24)21(12-16-9-10-16)26-22(28)18(27-31)11-15-7-5-4-6-8-15/h4-8,16-21,27H,9-14,31H2,1-3H3,(H,26,28)/t17-,18?,19-,20+,21-,24-/m0/s1. The molecule has 31 heavy (non-hydrogen) atoms. The van der Waals surface area contributed by atoms with Gasteiger partial charge in [-0.1, -0.05) is 66.4 Å². The fourth-order valence-electron chi connectivity index (χ4n) is 6.38. The van der Waals surface area contributed by atoms with E-state index in [0.717, 1.165) is 24.3 Å². The molecule has 0 spiro atoms. The third-order valence-corrected chi connectivity index (χ3v) is 9.11. The van der Waals surface area contributed by atoms with Crippen LogP contribution in [0.15, 0.2) is 30.3 Å². The lowest BCUT2D eigenvalue weighted by atomic mass is 9.43. The highest BCUT2D eigenvalue weighted by atomic mass is 31.0. The van der Waals surface area contributed by atoms with E-state index in [4.69, 9.17) is 9.31 Å². The Morgan fingerprint density at radius 2 is 1.97 bits per heavy atom. The molecule has 0 radical (unpaired) electrons. The third-order valence-electron chi connectivity index (χ3n) is 8.71. The maximum atomic E-state index is 13.2. The van der Waals surface area contributed by atoms with Gasteiger partial charge in [0.2, 0.25) is 5.91 Å². The van der Waals surface area contributed by atoms with E-state index in [0.29, 0.717) is 23.7 Å². The van der Waals surface area contributed by atoms with Crippen LogP contribution in [0.3, 0.4) is 0 Å². The van der Waals surface area contributed by atoms with Crippen molar-refractivity contribution >= 4 is 22.4 Å². The SMILES string of the molecule is CC1(C)[C@@H]2C[C@H]3OB([C@H](CC4CC4)NC(=O)C(Cc4ccccc4)NP)O[C@@]3(C)[C@H]1C2. The summed E-state index contributed by atoms with van der Waals surface area (Å²) in [5.74, 6) is 1.85. The normalized spacial score (nSPS) is 35.1. The number of carbonyl (C=O) groups excluding carboxylic acids is 1. The van der Waals surface area contributed by atoms with Crippen LogP contribution in [0.1, 0.15) is 58.4 Å². The van der Waals surface area contributed by atoms with Crippen LogP contribution in [-0.4, -0.2) is 36.7 Å². The van der Waals surface area contributed by atoms with Gasteiger partial charge in [0.1, 0.15) is 0 Å². The molecule has 6 rings (SSSR count). The van der Waals surface area contributed by atoms with Crippen LogP contribution in [0.2, 0.25) is 0 Å². The van der Waals surface area contributed by atoms with Gasteiger partial charge in [0.05, 0.1) is 23.7 Å². The highest BCUT2D eigenvalue weighted by molar-refractivity contribution is 7.13. The summed E-state index contributed by atoms with van der Waals surface area (Å²) in [7, 11) is 2.16. The summed E-state index contributed by atoms with van der Waals surface area (Å²) in [6, 6.07) is 9.84. The van der Waals surface area contributed by atoms with Gasteiger partial charge in [-0.05, 0) is 61.3 Å². The summed E-state index contributed by atoms with van der Waals surface area (Å²) < 4.78 is 13.2. The first-order chi connectivity index (χ1) is 14.8. The highest BCUT2D eigenvalue weighted by Crippen LogP contribution is 2.65. The molecule has 5 fully saturated rings. The van der Waals surface area contributed by atoms with Crippen molar-refractivity contribution in [2.24, 2.45) is 23.2 Å². The summed E-state index contributed by atoms with van der Waals surface area (Å²) >= 11 is 0. The van der Waals surface area contributed by atoms with E-state index in [-0.39, 0.29) is 36.7 Å². The minimum absolute atomic E-state index is 0.0151. The van der Waals surface area contributed by atoms with E-state index in [2.05, 4.69) is 52.7 Å². The topological polar surface area (TPSA) is 59.6 Å². The molecule has 1 aromatic carbocycles. The van der Waals surface area contributed by atoms with E-state index >= 15 is 0 Å². The van der Waals surface area contributed by atoms with Gasteiger partial charge in [-0.25, -0.2) is 0 Å². The Hall–Kier alpha value is -0.935. The van der Waals surface area contributed by atoms with E-state index in [1.807, 2.05) is 18.2 Å². The van der Waals surface area contributed by atoms with E-state index < -0.39 is 0 Å². The first-order valence-electron chi connectivity index (χ1n) is 11.9. The molecule has 7 heteroatoms. The van der Waals surface area contributed by atoms with Gasteiger partial charge in [0, 0.05) is 0 Å². The second kappa shape index (κ2) is 8.13. The van der Waals surface area contributed by atoms with Crippen molar-refractivity contribution in [3.05, 3.63) is 35.9 Å². The average Bonchev–Trinajstić information content (AvgIpc) is 3.49. The first-order valence-corrected chi connectivity index (χ1v) is 12.5. The molecule has 1 heterocycles. The molecule has 1 amide bonds. The Morgan fingerprint density at radius 1 is 1.23 bits per heavy atom. The zero-order chi connectivity index (χ0) is 21.8. The van der Waals surface area contributed by atoms with Gasteiger partial charge in [-0.15, -0.1) is 0 Å². The lowest BCUT2D eigenvalue weighted by Gasteiger charge is -2.64. The molecule has 4 saturated carbocycles. The largest absolute Gasteiger partial charge is 0.481 e. The Kier molecular flexibility index (Phi) is 5.74. The molecule has 2 N–H and O–H groups in total. The summed E-state index contributed by atoms with van der Waals surface area (Å²) in [5.41, 5.74) is 1.23. The van der Waals surface area contributed by atoms with Crippen molar-refractivity contribution in [3.8, 4) is 0 Å². The predicted octanol–water partition coefficient (Wildman–Crippen LogP) is 3.53.